The zero-order valence-corrected chi connectivity index (χ0v) is 10.6. The molecule has 0 saturated heterocycles. The Labute approximate surface area is 103 Å². The molecule has 1 saturated carbocycles. The first-order valence-electron chi connectivity index (χ1n) is 6.34. The highest BCUT2D eigenvalue weighted by Crippen LogP contribution is 2.27. The van der Waals surface area contributed by atoms with Crippen molar-refractivity contribution >= 4 is 5.69 Å². The molecule has 0 aliphatic heterocycles. The molecule has 1 fully saturated rings. The molecule has 0 heterocycles. The lowest BCUT2D eigenvalue weighted by molar-refractivity contribution is 0.0329. The maximum Gasteiger partial charge on any atom is 0.121 e. The third-order valence-electron chi connectivity index (χ3n) is 3.11. The van der Waals surface area contributed by atoms with E-state index in [1.54, 1.807) is 7.11 Å². The van der Waals surface area contributed by atoms with Gasteiger partial charge in [0.1, 0.15) is 5.75 Å². The number of anilines is 1. The van der Waals surface area contributed by atoms with Crippen LogP contribution in [0.15, 0.2) is 24.3 Å². The molecular weight excluding hydrogens is 214 g/mol. The average molecular weight is 235 g/mol. The predicted molar refractivity (Wildman–Crippen MR) is 69.7 cm³/mol. The van der Waals surface area contributed by atoms with E-state index in [0.717, 1.165) is 37.3 Å². The molecule has 94 valence electrons. The van der Waals surface area contributed by atoms with Crippen LogP contribution in [0.4, 0.5) is 5.69 Å². The van der Waals surface area contributed by atoms with Crippen molar-refractivity contribution in [3.8, 4) is 5.75 Å². The van der Waals surface area contributed by atoms with Gasteiger partial charge in [-0.1, -0.05) is 13.0 Å². The fraction of sp³-hybridized carbons (Fsp3) is 0.571. The van der Waals surface area contributed by atoms with E-state index in [1.165, 1.54) is 0 Å². The quantitative estimate of drug-likeness (QED) is 0.822. The molecule has 0 bridgehead atoms. The second-order valence-electron chi connectivity index (χ2n) is 4.55. The molecule has 0 unspecified atom stereocenters. The van der Waals surface area contributed by atoms with Crippen LogP contribution in [0.2, 0.25) is 0 Å². The highest BCUT2D eigenvalue weighted by Gasteiger charge is 2.28. The van der Waals surface area contributed by atoms with E-state index in [9.17, 15) is 0 Å². The van der Waals surface area contributed by atoms with Gasteiger partial charge in [0, 0.05) is 24.9 Å². The summed E-state index contributed by atoms with van der Waals surface area (Å²) in [4.78, 5) is 0. The van der Waals surface area contributed by atoms with Crippen LogP contribution in [0.3, 0.4) is 0 Å². The van der Waals surface area contributed by atoms with Gasteiger partial charge in [-0.2, -0.15) is 0 Å². The van der Waals surface area contributed by atoms with Crippen molar-refractivity contribution in [2.75, 3.05) is 19.0 Å². The predicted octanol–water partition coefficient (Wildman–Crippen LogP) is 3.06. The Morgan fingerprint density at radius 3 is 2.88 bits per heavy atom. The molecule has 1 aromatic carbocycles. The van der Waals surface area contributed by atoms with Crippen LogP contribution in [0.5, 0.6) is 5.75 Å². The van der Waals surface area contributed by atoms with Gasteiger partial charge in [0.05, 0.1) is 12.7 Å². The van der Waals surface area contributed by atoms with E-state index < -0.39 is 0 Å². The van der Waals surface area contributed by atoms with Crippen LogP contribution in [0.25, 0.3) is 0 Å². The van der Waals surface area contributed by atoms with E-state index in [2.05, 4.69) is 24.4 Å². The number of ether oxygens (including phenoxy) is 2. The van der Waals surface area contributed by atoms with Crippen molar-refractivity contribution in [2.45, 2.75) is 38.3 Å². The minimum absolute atomic E-state index is 0.437. The Hall–Kier alpha value is -1.22. The summed E-state index contributed by atoms with van der Waals surface area (Å²) < 4.78 is 10.9. The molecule has 0 atom stereocenters. The molecule has 17 heavy (non-hydrogen) atoms. The van der Waals surface area contributed by atoms with Crippen molar-refractivity contribution in [3.63, 3.8) is 0 Å². The topological polar surface area (TPSA) is 30.5 Å². The van der Waals surface area contributed by atoms with Crippen LogP contribution >= 0.6 is 0 Å². The minimum Gasteiger partial charge on any atom is -0.494 e. The van der Waals surface area contributed by atoms with E-state index in [4.69, 9.17) is 9.47 Å². The van der Waals surface area contributed by atoms with Gasteiger partial charge in [0.25, 0.3) is 0 Å². The lowest BCUT2D eigenvalue weighted by Crippen LogP contribution is -2.40. The lowest BCUT2D eigenvalue weighted by Gasteiger charge is -2.35. The standard InChI is InChI=1S/C14H21NO2/c1-3-7-17-13-6-4-5-11(8-13)15-12-9-14(10-12)16-2/h4-6,8,12,14-15H,3,7,9-10H2,1-2H3. The third kappa shape index (κ3) is 3.37. The van der Waals surface area contributed by atoms with Gasteiger partial charge in [-0.25, -0.2) is 0 Å². The SMILES string of the molecule is CCCOc1cccc(NC2CC(OC)C2)c1. The average Bonchev–Trinajstić information content (AvgIpc) is 2.31. The fourth-order valence-electron chi connectivity index (χ4n) is 2.01. The number of hydrogen-bond donors (Lipinski definition) is 1. The first-order valence-corrected chi connectivity index (χ1v) is 6.34. The molecule has 1 aliphatic rings. The Kier molecular flexibility index (Phi) is 4.26. The van der Waals surface area contributed by atoms with Gasteiger partial charge < -0.3 is 14.8 Å². The van der Waals surface area contributed by atoms with E-state index in [0.29, 0.717) is 12.1 Å². The molecular formula is C14H21NO2. The molecule has 0 aromatic heterocycles. The highest BCUT2D eigenvalue weighted by atomic mass is 16.5. The normalized spacial score (nSPS) is 22.9. The van der Waals surface area contributed by atoms with Crippen molar-refractivity contribution in [1.29, 1.82) is 0 Å². The number of hydrogen-bond acceptors (Lipinski definition) is 3. The largest absolute Gasteiger partial charge is 0.494 e. The molecule has 3 nitrogen and oxygen atoms in total. The second kappa shape index (κ2) is 5.92. The maximum absolute atomic E-state index is 5.61. The van der Waals surface area contributed by atoms with Crippen molar-refractivity contribution in [3.05, 3.63) is 24.3 Å². The number of benzene rings is 1. The summed E-state index contributed by atoms with van der Waals surface area (Å²) in [6.07, 6.45) is 3.66. The first kappa shape index (κ1) is 12.2. The summed E-state index contributed by atoms with van der Waals surface area (Å²) in [7, 11) is 1.78. The fourth-order valence-corrected chi connectivity index (χ4v) is 2.01. The molecule has 0 amide bonds. The molecule has 3 heteroatoms. The maximum atomic E-state index is 5.61. The van der Waals surface area contributed by atoms with E-state index >= 15 is 0 Å². The Morgan fingerprint density at radius 1 is 1.35 bits per heavy atom. The molecule has 1 N–H and O–H groups in total. The summed E-state index contributed by atoms with van der Waals surface area (Å²) in [5.41, 5.74) is 1.14. The van der Waals surface area contributed by atoms with Gasteiger partial charge in [-0.15, -0.1) is 0 Å². The monoisotopic (exact) mass is 235 g/mol. The second-order valence-corrected chi connectivity index (χ2v) is 4.55. The Morgan fingerprint density at radius 2 is 2.18 bits per heavy atom. The smallest absolute Gasteiger partial charge is 0.121 e. The number of nitrogens with one attached hydrogen (secondary N) is 1. The van der Waals surface area contributed by atoms with E-state index in [-0.39, 0.29) is 0 Å². The highest BCUT2D eigenvalue weighted by molar-refractivity contribution is 5.49. The van der Waals surface area contributed by atoms with Crippen molar-refractivity contribution in [2.24, 2.45) is 0 Å². The van der Waals surface area contributed by atoms with Gasteiger partial charge in [-0.05, 0) is 31.4 Å². The van der Waals surface area contributed by atoms with Gasteiger partial charge in [-0.3, -0.25) is 0 Å². The minimum atomic E-state index is 0.437. The molecule has 2 rings (SSSR count). The van der Waals surface area contributed by atoms with Crippen LogP contribution in [-0.4, -0.2) is 25.9 Å². The van der Waals surface area contributed by atoms with Crippen LogP contribution in [0, 0.1) is 0 Å². The van der Waals surface area contributed by atoms with Crippen LogP contribution < -0.4 is 10.1 Å². The molecule has 0 spiro atoms. The van der Waals surface area contributed by atoms with E-state index in [1.807, 2.05) is 12.1 Å². The molecule has 1 aliphatic carbocycles. The van der Waals surface area contributed by atoms with Crippen LogP contribution in [0.1, 0.15) is 26.2 Å². The Bertz CT molecular complexity index is 348. The van der Waals surface area contributed by atoms with Gasteiger partial charge in [0.15, 0.2) is 0 Å². The van der Waals surface area contributed by atoms with Crippen molar-refractivity contribution in [1.82, 2.24) is 0 Å². The van der Waals surface area contributed by atoms with Crippen molar-refractivity contribution < 1.29 is 9.47 Å². The number of rotatable bonds is 6. The summed E-state index contributed by atoms with van der Waals surface area (Å²) in [5, 5.41) is 3.50. The molecule has 0 radical (unpaired) electrons. The summed E-state index contributed by atoms with van der Waals surface area (Å²) in [6, 6.07) is 8.72. The Balaban J connectivity index is 1.84. The summed E-state index contributed by atoms with van der Waals surface area (Å²) >= 11 is 0. The zero-order valence-electron chi connectivity index (χ0n) is 10.6. The zero-order chi connectivity index (χ0) is 12.1. The molecule has 1 aromatic rings. The lowest BCUT2D eigenvalue weighted by atomic mass is 9.89. The first-order chi connectivity index (χ1) is 8.31. The summed E-state index contributed by atoms with van der Waals surface area (Å²) in [5.74, 6) is 0.944. The third-order valence-corrected chi connectivity index (χ3v) is 3.11. The summed E-state index contributed by atoms with van der Waals surface area (Å²) in [6.45, 7) is 2.89. The van der Waals surface area contributed by atoms with Gasteiger partial charge >= 0.3 is 0 Å². The van der Waals surface area contributed by atoms with Crippen LogP contribution in [-0.2, 0) is 4.74 Å². The van der Waals surface area contributed by atoms with Gasteiger partial charge in [0.2, 0.25) is 0 Å². The number of methoxy groups -OCH3 is 1.